The summed E-state index contributed by atoms with van der Waals surface area (Å²) in [5.74, 6) is 0. The first-order chi connectivity index (χ1) is 21.2. The van der Waals surface area contributed by atoms with Gasteiger partial charge in [-0.1, -0.05) is 115 Å². The monoisotopic (exact) mass is 548 g/mol. The Balaban J connectivity index is 1.34. The van der Waals surface area contributed by atoms with Crippen molar-refractivity contribution in [3.8, 4) is 44.9 Å². The maximum absolute atomic E-state index is 5.05. The summed E-state index contributed by atoms with van der Waals surface area (Å²) in [7, 11) is 0. The highest BCUT2D eigenvalue weighted by Crippen LogP contribution is 2.44. The summed E-state index contributed by atoms with van der Waals surface area (Å²) in [5, 5.41) is 7.50. The molecule has 0 aliphatic carbocycles. The normalized spacial score (nSPS) is 11.4. The van der Waals surface area contributed by atoms with Gasteiger partial charge >= 0.3 is 0 Å². The number of nitrogens with zero attached hydrogens (tertiary/aromatic N) is 2. The molecule has 2 heterocycles. The summed E-state index contributed by atoms with van der Waals surface area (Å²) in [5.41, 5.74) is 9.87. The molecule has 8 rings (SSSR count). The molecule has 43 heavy (non-hydrogen) atoms. The first-order valence-corrected chi connectivity index (χ1v) is 14.7. The number of hydrogen-bond donors (Lipinski definition) is 0. The zero-order valence-corrected chi connectivity index (χ0v) is 23.8. The van der Waals surface area contributed by atoms with Gasteiger partial charge in [0, 0.05) is 11.8 Å². The Morgan fingerprint density at radius 3 is 1.70 bits per heavy atom. The van der Waals surface area contributed by atoms with E-state index in [9.17, 15) is 0 Å². The summed E-state index contributed by atoms with van der Waals surface area (Å²) in [6, 6.07) is 52.1. The smallest absolute Gasteiger partial charge is 0.0915 e. The first-order valence-electron chi connectivity index (χ1n) is 14.7. The average Bonchev–Trinajstić information content (AvgIpc) is 3.07. The summed E-state index contributed by atoms with van der Waals surface area (Å²) in [6.45, 7) is 2.08. The second-order valence-corrected chi connectivity index (χ2v) is 11.1. The molecule has 6 aromatic carbocycles. The lowest BCUT2D eigenvalue weighted by Crippen LogP contribution is -1.93. The van der Waals surface area contributed by atoms with Crippen LogP contribution in [0, 0.1) is 6.92 Å². The third-order valence-corrected chi connectivity index (χ3v) is 8.42. The Hall–Kier alpha value is -5.60. The van der Waals surface area contributed by atoms with Gasteiger partial charge < -0.3 is 0 Å². The van der Waals surface area contributed by atoms with Crippen LogP contribution in [-0.4, -0.2) is 9.97 Å². The molecule has 2 nitrogen and oxygen atoms in total. The molecule has 0 aliphatic heterocycles. The van der Waals surface area contributed by atoms with Gasteiger partial charge in [0.25, 0.3) is 0 Å². The number of aryl methyl sites for hydroxylation is 1. The van der Waals surface area contributed by atoms with Crippen LogP contribution in [0.4, 0.5) is 0 Å². The van der Waals surface area contributed by atoms with Gasteiger partial charge in [0.15, 0.2) is 0 Å². The third kappa shape index (κ3) is 4.36. The van der Waals surface area contributed by atoms with Gasteiger partial charge in [-0.2, -0.15) is 0 Å². The second-order valence-electron chi connectivity index (χ2n) is 11.1. The van der Waals surface area contributed by atoms with Gasteiger partial charge in [0.1, 0.15) is 0 Å². The minimum absolute atomic E-state index is 0.886. The minimum Gasteiger partial charge on any atom is -0.254 e. The van der Waals surface area contributed by atoms with Gasteiger partial charge in [-0.05, 0) is 97.4 Å². The fraction of sp³-hybridized carbons (Fsp3) is 0.0244. The molecule has 8 aromatic rings. The van der Waals surface area contributed by atoms with E-state index in [2.05, 4.69) is 145 Å². The summed E-state index contributed by atoms with van der Waals surface area (Å²) < 4.78 is 0. The SMILES string of the molecule is Cc1cccnc1-c1cccc(-c2cccc(-c3c4ccccc4c(-c4ccc5ccccc5c4)c4ccccc34)c2)n1. The molecular weight excluding hydrogens is 520 g/mol. The van der Waals surface area contributed by atoms with Crippen LogP contribution in [0.25, 0.3) is 77.2 Å². The van der Waals surface area contributed by atoms with Crippen LogP contribution in [0.3, 0.4) is 0 Å². The van der Waals surface area contributed by atoms with E-state index in [-0.39, 0.29) is 0 Å². The van der Waals surface area contributed by atoms with Crippen LogP contribution < -0.4 is 0 Å². The van der Waals surface area contributed by atoms with Crippen LogP contribution in [-0.2, 0) is 0 Å². The molecule has 0 spiro atoms. The predicted molar refractivity (Wildman–Crippen MR) is 181 cm³/mol. The van der Waals surface area contributed by atoms with Crippen molar-refractivity contribution in [1.82, 2.24) is 9.97 Å². The number of benzene rings is 6. The van der Waals surface area contributed by atoms with Crippen LogP contribution in [0.15, 0.2) is 152 Å². The van der Waals surface area contributed by atoms with E-state index in [4.69, 9.17) is 4.98 Å². The molecule has 202 valence electrons. The number of rotatable bonds is 4. The van der Waals surface area contributed by atoms with Gasteiger partial charge in [-0.25, -0.2) is 4.98 Å². The quantitative estimate of drug-likeness (QED) is 0.204. The number of hydrogen-bond acceptors (Lipinski definition) is 2. The minimum atomic E-state index is 0.886. The highest BCUT2D eigenvalue weighted by Gasteiger charge is 2.17. The van der Waals surface area contributed by atoms with Crippen LogP contribution >= 0.6 is 0 Å². The molecule has 0 bridgehead atoms. The molecule has 0 saturated heterocycles. The van der Waals surface area contributed by atoms with Crippen molar-refractivity contribution in [1.29, 1.82) is 0 Å². The van der Waals surface area contributed by atoms with Crippen molar-refractivity contribution in [3.05, 3.63) is 157 Å². The Bertz CT molecular complexity index is 2260. The lowest BCUT2D eigenvalue weighted by atomic mass is 9.85. The van der Waals surface area contributed by atoms with Crippen molar-refractivity contribution in [2.75, 3.05) is 0 Å². The fourth-order valence-corrected chi connectivity index (χ4v) is 6.41. The van der Waals surface area contributed by atoms with E-state index >= 15 is 0 Å². The molecule has 0 unspecified atom stereocenters. The van der Waals surface area contributed by atoms with Crippen LogP contribution in [0.2, 0.25) is 0 Å². The van der Waals surface area contributed by atoms with E-state index in [1.165, 1.54) is 54.6 Å². The maximum Gasteiger partial charge on any atom is 0.0915 e. The molecule has 2 heteroatoms. The van der Waals surface area contributed by atoms with Crippen LogP contribution in [0.5, 0.6) is 0 Å². The molecule has 0 fully saturated rings. The van der Waals surface area contributed by atoms with Gasteiger partial charge in [-0.3, -0.25) is 4.98 Å². The Morgan fingerprint density at radius 1 is 0.419 bits per heavy atom. The molecule has 0 atom stereocenters. The summed E-state index contributed by atoms with van der Waals surface area (Å²) in [4.78, 5) is 9.65. The van der Waals surface area contributed by atoms with E-state index in [1.807, 2.05) is 18.3 Å². The lowest BCUT2D eigenvalue weighted by molar-refractivity contribution is 1.21. The molecule has 0 amide bonds. The van der Waals surface area contributed by atoms with Crippen molar-refractivity contribution in [2.45, 2.75) is 6.92 Å². The largest absolute Gasteiger partial charge is 0.254 e. The van der Waals surface area contributed by atoms with Gasteiger partial charge in [0.05, 0.1) is 17.1 Å². The third-order valence-electron chi connectivity index (χ3n) is 8.42. The van der Waals surface area contributed by atoms with Crippen LogP contribution in [0.1, 0.15) is 5.56 Å². The predicted octanol–water partition coefficient (Wildman–Crippen LogP) is 10.9. The van der Waals surface area contributed by atoms with E-state index in [0.717, 1.165) is 28.2 Å². The lowest BCUT2D eigenvalue weighted by Gasteiger charge is -2.18. The van der Waals surface area contributed by atoms with Crippen molar-refractivity contribution in [2.24, 2.45) is 0 Å². The maximum atomic E-state index is 5.05. The zero-order valence-electron chi connectivity index (χ0n) is 23.8. The molecule has 0 N–H and O–H groups in total. The van der Waals surface area contributed by atoms with Crippen molar-refractivity contribution in [3.63, 3.8) is 0 Å². The number of fused-ring (bicyclic) bond motifs is 3. The number of aromatic nitrogens is 2. The zero-order chi connectivity index (χ0) is 28.8. The van der Waals surface area contributed by atoms with E-state index in [1.54, 1.807) is 0 Å². The molecule has 0 radical (unpaired) electrons. The van der Waals surface area contributed by atoms with Crippen molar-refractivity contribution < 1.29 is 0 Å². The van der Waals surface area contributed by atoms with Gasteiger partial charge in [0.2, 0.25) is 0 Å². The highest BCUT2D eigenvalue weighted by molar-refractivity contribution is 6.21. The number of pyridine rings is 2. The van der Waals surface area contributed by atoms with Gasteiger partial charge in [-0.15, -0.1) is 0 Å². The molecule has 0 saturated carbocycles. The summed E-state index contributed by atoms with van der Waals surface area (Å²) in [6.07, 6.45) is 1.83. The Labute approximate surface area is 251 Å². The standard InChI is InChI=1S/C41H28N2/c1-27-11-10-24-42-41(27)38-21-9-20-37(43-38)30-14-8-15-31(26-30)39-33-16-4-6-18-35(33)40(36-19-7-5-17-34(36)39)32-23-22-28-12-2-3-13-29(28)25-32/h2-26H,1H3. The van der Waals surface area contributed by atoms with E-state index < -0.39 is 0 Å². The fourth-order valence-electron chi connectivity index (χ4n) is 6.41. The average molecular weight is 549 g/mol. The summed E-state index contributed by atoms with van der Waals surface area (Å²) >= 11 is 0. The van der Waals surface area contributed by atoms with Crippen molar-refractivity contribution >= 4 is 32.3 Å². The highest BCUT2D eigenvalue weighted by atomic mass is 14.8. The second kappa shape index (κ2) is 10.3. The molecule has 0 aliphatic rings. The van der Waals surface area contributed by atoms with E-state index in [0.29, 0.717) is 0 Å². The Kier molecular flexibility index (Phi) is 6.05. The molecular formula is C41H28N2. The molecule has 2 aromatic heterocycles. The topological polar surface area (TPSA) is 25.8 Å². The Morgan fingerprint density at radius 2 is 1.00 bits per heavy atom. The first kappa shape index (κ1) is 25.1.